The summed E-state index contributed by atoms with van der Waals surface area (Å²) >= 11 is 1.61. The lowest BCUT2D eigenvalue weighted by Crippen LogP contribution is -1.89. The fourth-order valence-electron chi connectivity index (χ4n) is 2.01. The maximum absolute atomic E-state index is 12.1. The van der Waals surface area contributed by atoms with Crippen molar-refractivity contribution in [2.45, 2.75) is 33.1 Å². The van der Waals surface area contributed by atoms with E-state index < -0.39 is 0 Å². The first-order chi connectivity index (χ1) is 9.72. The molecule has 1 aromatic heterocycles. The number of aryl methyl sites for hydroxylation is 2. The SMILES string of the molecule is CCCc1ccc(C(=O)/C=C/c2ccc(CC)cc2)s1. The lowest BCUT2D eigenvalue weighted by atomic mass is 10.1. The Morgan fingerprint density at radius 3 is 2.50 bits per heavy atom. The van der Waals surface area contributed by atoms with Gasteiger partial charge in [0.2, 0.25) is 0 Å². The summed E-state index contributed by atoms with van der Waals surface area (Å²) in [5, 5.41) is 0. The fraction of sp³-hybridized carbons (Fsp3) is 0.278. The number of carbonyl (C=O) groups is 1. The average Bonchev–Trinajstić information content (AvgIpc) is 2.94. The minimum atomic E-state index is 0.0944. The molecule has 1 aromatic carbocycles. The van der Waals surface area contributed by atoms with Gasteiger partial charge in [0.15, 0.2) is 5.78 Å². The van der Waals surface area contributed by atoms with Gasteiger partial charge >= 0.3 is 0 Å². The molecule has 0 saturated heterocycles. The zero-order valence-corrected chi connectivity index (χ0v) is 12.9. The first kappa shape index (κ1) is 14.7. The molecule has 0 N–H and O–H groups in total. The molecule has 1 heterocycles. The largest absolute Gasteiger partial charge is 0.288 e. The van der Waals surface area contributed by atoms with Crippen molar-refractivity contribution >= 4 is 23.2 Å². The summed E-state index contributed by atoms with van der Waals surface area (Å²) in [6.07, 6.45) is 6.77. The van der Waals surface area contributed by atoms with Crippen LogP contribution in [0.3, 0.4) is 0 Å². The Balaban J connectivity index is 2.03. The number of benzene rings is 1. The number of allylic oxidation sites excluding steroid dienone is 1. The first-order valence-corrected chi connectivity index (χ1v) is 7.94. The van der Waals surface area contributed by atoms with Crippen LogP contribution >= 0.6 is 11.3 Å². The van der Waals surface area contributed by atoms with Crippen LogP contribution in [0.15, 0.2) is 42.5 Å². The van der Waals surface area contributed by atoms with Gasteiger partial charge in [-0.3, -0.25) is 4.79 Å². The Morgan fingerprint density at radius 2 is 1.85 bits per heavy atom. The van der Waals surface area contributed by atoms with Crippen LogP contribution in [0.5, 0.6) is 0 Å². The molecule has 104 valence electrons. The molecular weight excluding hydrogens is 264 g/mol. The van der Waals surface area contributed by atoms with E-state index in [1.54, 1.807) is 17.4 Å². The van der Waals surface area contributed by atoms with Crippen molar-refractivity contribution in [3.63, 3.8) is 0 Å². The van der Waals surface area contributed by atoms with Crippen LogP contribution in [0.4, 0.5) is 0 Å². The standard InChI is InChI=1S/C18H20OS/c1-3-5-16-11-13-18(20-16)17(19)12-10-15-8-6-14(4-2)7-9-15/h6-13H,3-5H2,1-2H3/b12-10+. The van der Waals surface area contributed by atoms with Gasteiger partial charge in [-0.05, 0) is 42.2 Å². The van der Waals surface area contributed by atoms with Crippen LogP contribution in [0.2, 0.25) is 0 Å². The Hall–Kier alpha value is -1.67. The van der Waals surface area contributed by atoms with Crippen LogP contribution in [-0.4, -0.2) is 5.78 Å². The van der Waals surface area contributed by atoms with Crippen molar-refractivity contribution in [2.24, 2.45) is 0 Å². The summed E-state index contributed by atoms with van der Waals surface area (Å²) in [5.74, 6) is 0.0944. The minimum Gasteiger partial charge on any atom is -0.288 e. The summed E-state index contributed by atoms with van der Waals surface area (Å²) in [7, 11) is 0. The Labute approximate surface area is 125 Å². The number of hydrogen-bond donors (Lipinski definition) is 0. The molecule has 2 rings (SSSR count). The number of hydrogen-bond acceptors (Lipinski definition) is 2. The highest BCUT2D eigenvalue weighted by molar-refractivity contribution is 7.14. The van der Waals surface area contributed by atoms with Gasteiger partial charge in [0.05, 0.1) is 4.88 Å². The highest BCUT2D eigenvalue weighted by atomic mass is 32.1. The maximum Gasteiger partial charge on any atom is 0.195 e. The van der Waals surface area contributed by atoms with E-state index in [-0.39, 0.29) is 5.78 Å². The molecule has 2 aromatic rings. The van der Waals surface area contributed by atoms with Crippen molar-refractivity contribution in [1.82, 2.24) is 0 Å². The molecule has 0 aliphatic carbocycles. The van der Waals surface area contributed by atoms with E-state index in [1.807, 2.05) is 12.1 Å². The van der Waals surface area contributed by atoms with Crippen molar-refractivity contribution in [3.05, 3.63) is 63.4 Å². The van der Waals surface area contributed by atoms with E-state index in [4.69, 9.17) is 0 Å². The van der Waals surface area contributed by atoms with Gasteiger partial charge in [-0.2, -0.15) is 0 Å². The Morgan fingerprint density at radius 1 is 1.10 bits per heavy atom. The lowest BCUT2D eigenvalue weighted by molar-refractivity contribution is 0.105. The molecule has 0 atom stereocenters. The normalized spacial score (nSPS) is 11.1. The molecule has 0 aliphatic heterocycles. The molecule has 0 radical (unpaired) electrons. The lowest BCUT2D eigenvalue weighted by Gasteiger charge is -1.97. The van der Waals surface area contributed by atoms with Crippen LogP contribution in [0.25, 0.3) is 6.08 Å². The second kappa shape index (κ2) is 7.20. The summed E-state index contributed by atoms with van der Waals surface area (Å²) in [6, 6.07) is 12.3. The van der Waals surface area contributed by atoms with E-state index in [9.17, 15) is 4.79 Å². The van der Waals surface area contributed by atoms with Gasteiger partial charge < -0.3 is 0 Å². The summed E-state index contributed by atoms with van der Waals surface area (Å²) in [5.41, 5.74) is 2.39. The predicted molar refractivity (Wildman–Crippen MR) is 87.5 cm³/mol. The van der Waals surface area contributed by atoms with Crippen molar-refractivity contribution in [2.75, 3.05) is 0 Å². The second-order valence-corrected chi connectivity index (χ2v) is 5.98. The molecule has 0 aliphatic rings. The van der Waals surface area contributed by atoms with Crippen molar-refractivity contribution < 1.29 is 4.79 Å². The van der Waals surface area contributed by atoms with Crippen LogP contribution in [-0.2, 0) is 12.8 Å². The predicted octanol–water partition coefficient (Wildman–Crippen LogP) is 5.16. The van der Waals surface area contributed by atoms with Crippen molar-refractivity contribution in [3.8, 4) is 0 Å². The molecule has 0 bridgehead atoms. The third-order valence-corrected chi connectivity index (χ3v) is 4.38. The van der Waals surface area contributed by atoms with Gasteiger partial charge in [0, 0.05) is 4.88 Å². The molecule has 0 spiro atoms. The Kier molecular flexibility index (Phi) is 5.31. The van der Waals surface area contributed by atoms with Gasteiger partial charge in [0.25, 0.3) is 0 Å². The second-order valence-electron chi connectivity index (χ2n) is 4.81. The minimum absolute atomic E-state index is 0.0944. The molecule has 20 heavy (non-hydrogen) atoms. The Bertz CT molecular complexity index is 590. The van der Waals surface area contributed by atoms with Crippen molar-refractivity contribution in [1.29, 1.82) is 0 Å². The number of ketones is 1. The van der Waals surface area contributed by atoms with Crippen LogP contribution in [0, 0.1) is 0 Å². The van der Waals surface area contributed by atoms with E-state index in [1.165, 1.54) is 10.4 Å². The van der Waals surface area contributed by atoms with E-state index >= 15 is 0 Å². The number of thiophene rings is 1. The van der Waals surface area contributed by atoms with E-state index in [0.717, 1.165) is 29.7 Å². The average molecular weight is 284 g/mol. The highest BCUT2D eigenvalue weighted by Crippen LogP contribution is 2.19. The number of carbonyl (C=O) groups excluding carboxylic acids is 1. The molecule has 0 unspecified atom stereocenters. The van der Waals surface area contributed by atoms with Crippen LogP contribution in [0.1, 0.15) is 45.9 Å². The van der Waals surface area contributed by atoms with Crippen LogP contribution < -0.4 is 0 Å². The molecular formula is C18H20OS. The zero-order valence-electron chi connectivity index (χ0n) is 12.1. The molecule has 0 saturated carbocycles. The molecule has 2 heteroatoms. The highest BCUT2D eigenvalue weighted by Gasteiger charge is 2.05. The summed E-state index contributed by atoms with van der Waals surface area (Å²) < 4.78 is 0. The third kappa shape index (κ3) is 3.91. The van der Waals surface area contributed by atoms with Gasteiger partial charge in [-0.1, -0.05) is 50.6 Å². The molecule has 0 fully saturated rings. The quantitative estimate of drug-likeness (QED) is 0.529. The maximum atomic E-state index is 12.1. The third-order valence-electron chi connectivity index (χ3n) is 3.22. The smallest absolute Gasteiger partial charge is 0.195 e. The number of rotatable bonds is 6. The van der Waals surface area contributed by atoms with E-state index in [2.05, 4.69) is 44.2 Å². The molecule has 1 nitrogen and oxygen atoms in total. The fourth-order valence-corrected chi connectivity index (χ4v) is 3.04. The van der Waals surface area contributed by atoms with Gasteiger partial charge in [0.1, 0.15) is 0 Å². The topological polar surface area (TPSA) is 17.1 Å². The van der Waals surface area contributed by atoms with Gasteiger partial charge in [-0.15, -0.1) is 11.3 Å². The molecule has 0 amide bonds. The van der Waals surface area contributed by atoms with E-state index in [0.29, 0.717) is 0 Å². The summed E-state index contributed by atoms with van der Waals surface area (Å²) in [6.45, 7) is 4.29. The monoisotopic (exact) mass is 284 g/mol. The zero-order chi connectivity index (χ0) is 14.4. The first-order valence-electron chi connectivity index (χ1n) is 7.13. The summed E-state index contributed by atoms with van der Waals surface area (Å²) in [4.78, 5) is 14.2. The van der Waals surface area contributed by atoms with Gasteiger partial charge in [-0.25, -0.2) is 0 Å².